The number of fused-ring (bicyclic) bond motifs is 1. The van der Waals surface area contributed by atoms with Crippen molar-refractivity contribution in [2.45, 2.75) is 18.8 Å². The predicted molar refractivity (Wildman–Crippen MR) is 62.0 cm³/mol. The van der Waals surface area contributed by atoms with Gasteiger partial charge in [-0.25, -0.2) is 4.79 Å². The molecule has 0 spiro atoms. The zero-order valence-corrected chi connectivity index (χ0v) is 9.54. The number of aromatic nitrogens is 2. The molecule has 0 saturated heterocycles. The maximum atomic E-state index is 11.3. The van der Waals surface area contributed by atoms with E-state index in [1.54, 1.807) is 0 Å². The lowest BCUT2D eigenvalue weighted by Gasteiger charge is -2.04. The molecule has 3 rings (SSSR count). The molecule has 0 aliphatic heterocycles. The highest BCUT2D eigenvalue weighted by Crippen LogP contribution is 2.41. The molecule has 1 aliphatic rings. The smallest absolute Gasteiger partial charge is 0.309 e. The van der Waals surface area contributed by atoms with Crippen LogP contribution in [0.2, 0.25) is 0 Å². The van der Waals surface area contributed by atoms with E-state index in [-0.39, 0.29) is 5.69 Å². The number of nitrogens with zero attached hydrogens (tertiary/aromatic N) is 1. The fourth-order valence-corrected chi connectivity index (χ4v) is 2.20. The van der Waals surface area contributed by atoms with E-state index in [1.165, 1.54) is 12.8 Å². The summed E-state index contributed by atoms with van der Waals surface area (Å²) in [5, 5.41) is 1.06. The van der Waals surface area contributed by atoms with Crippen molar-refractivity contribution in [1.29, 1.82) is 0 Å². The van der Waals surface area contributed by atoms with Gasteiger partial charge in [-0.1, -0.05) is 15.9 Å². The van der Waals surface area contributed by atoms with Gasteiger partial charge in [0, 0.05) is 15.6 Å². The SMILES string of the molecule is O=c1nc2ccc(Br)cc2c(C2CC2)[nH]1. The highest BCUT2D eigenvalue weighted by Gasteiger charge is 2.26. The fourth-order valence-electron chi connectivity index (χ4n) is 1.84. The minimum absolute atomic E-state index is 0.244. The van der Waals surface area contributed by atoms with Gasteiger partial charge >= 0.3 is 5.69 Å². The summed E-state index contributed by atoms with van der Waals surface area (Å²) in [4.78, 5) is 18.2. The Hall–Kier alpha value is -1.16. The van der Waals surface area contributed by atoms with Gasteiger partial charge in [0.05, 0.1) is 5.52 Å². The van der Waals surface area contributed by atoms with Crippen molar-refractivity contribution in [2.75, 3.05) is 0 Å². The van der Waals surface area contributed by atoms with Crippen LogP contribution in [0.5, 0.6) is 0 Å². The molecule has 0 unspecified atom stereocenters. The Labute approximate surface area is 94.7 Å². The van der Waals surface area contributed by atoms with Crippen LogP contribution in [0.25, 0.3) is 10.9 Å². The second kappa shape index (κ2) is 3.17. The van der Waals surface area contributed by atoms with Gasteiger partial charge in [0.25, 0.3) is 0 Å². The molecule has 15 heavy (non-hydrogen) atoms. The first-order chi connectivity index (χ1) is 7.24. The predicted octanol–water partition coefficient (Wildman–Crippen LogP) is 2.56. The molecular formula is C11H9BrN2O. The molecule has 0 amide bonds. The maximum absolute atomic E-state index is 11.3. The standard InChI is InChI=1S/C11H9BrN2O/c12-7-3-4-9-8(5-7)10(6-1-2-6)14-11(15)13-9/h3-6H,1-2H2,(H,13,14,15). The summed E-state index contributed by atoms with van der Waals surface area (Å²) in [6, 6.07) is 5.80. The number of H-pyrrole nitrogens is 1. The van der Waals surface area contributed by atoms with E-state index in [2.05, 4.69) is 25.9 Å². The number of halogens is 1. The molecule has 0 atom stereocenters. The van der Waals surface area contributed by atoms with Crippen LogP contribution in [0.4, 0.5) is 0 Å². The van der Waals surface area contributed by atoms with Crippen LogP contribution in [0.3, 0.4) is 0 Å². The third kappa shape index (κ3) is 1.59. The highest BCUT2D eigenvalue weighted by molar-refractivity contribution is 9.10. The van der Waals surface area contributed by atoms with Crippen molar-refractivity contribution in [2.24, 2.45) is 0 Å². The molecule has 76 valence electrons. The lowest BCUT2D eigenvalue weighted by atomic mass is 10.1. The maximum Gasteiger partial charge on any atom is 0.345 e. The fraction of sp³-hybridized carbons (Fsp3) is 0.273. The molecule has 0 bridgehead atoms. The van der Waals surface area contributed by atoms with Crippen LogP contribution in [0, 0.1) is 0 Å². The Morgan fingerprint density at radius 3 is 2.93 bits per heavy atom. The quantitative estimate of drug-likeness (QED) is 0.861. The number of nitrogens with one attached hydrogen (secondary N) is 1. The lowest BCUT2D eigenvalue weighted by molar-refractivity contribution is 0.980. The van der Waals surface area contributed by atoms with Crippen LogP contribution < -0.4 is 5.69 Å². The number of hydrogen-bond donors (Lipinski definition) is 1. The van der Waals surface area contributed by atoms with Gasteiger partial charge in [-0.05, 0) is 37.0 Å². The Balaban J connectivity index is 2.39. The van der Waals surface area contributed by atoms with Gasteiger partial charge in [0.2, 0.25) is 0 Å². The van der Waals surface area contributed by atoms with Crippen LogP contribution in [0.1, 0.15) is 24.5 Å². The minimum Gasteiger partial charge on any atom is -0.309 e. The first-order valence-corrected chi connectivity index (χ1v) is 5.73. The van der Waals surface area contributed by atoms with Crippen molar-refractivity contribution < 1.29 is 0 Å². The van der Waals surface area contributed by atoms with E-state index in [9.17, 15) is 4.79 Å². The summed E-state index contributed by atoms with van der Waals surface area (Å²) in [7, 11) is 0. The molecule has 1 fully saturated rings. The molecule has 1 aliphatic carbocycles. The summed E-state index contributed by atoms with van der Waals surface area (Å²) < 4.78 is 1.02. The number of hydrogen-bond acceptors (Lipinski definition) is 2. The lowest BCUT2D eigenvalue weighted by Crippen LogP contribution is -2.12. The average molecular weight is 265 g/mol. The summed E-state index contributed by atoms with van der Waals surface area (Å²) in [5.74, 6) is 0.525. The van der Waals surface area contributed by atoms with E-state index in [4.69, 9.17) is 0 Å². The zero-order valence-electron chi connectivity index (χ0n) is 7.96. The minimum atomic E-state index is -0.244. The Morgan fingerprint density at radius 1 is 1.40 bits per heavy atom. The molecule has 1 N–H and O–H groups in total. The second-order valence-electron chi connectivity index (χ2n) is 3.89. The summed E-state index contributed by atoms with van der Waals surface area (Å²) in [6.45, 7) is 0. The van der Waals surface area contributed by atoms with Gasteiger partial charge in [-0.3, -0.25) is 0 Å². The monoisotopic (exact) mass is 264 g/mol. The molecule has 4 heteroatoms. The van der Waals surface area contributed by atoms with Crippen molar-refractivity contribution >= 4 is 26.8 Å². The van der Waals surface area contributed by atoms with Crippen molar-refractivity contribution in [3.05, 3.63) is 38.9 Å². The first kappa shape index (κ1) is 9.09. The van der Waals surface area contributed by atoms with Crippen LogP contribution in [-0.4, -0.2) is 9.97 Å². The van der Waals surface area contributed by atoms with Crippen molar-refractivity contribution in [1.82, 2.24) is 9.97 Å². The second-order valence-corrected chi connectivity index (χ2v) is 4.81. The Kier molecular flexibility index (Phi) is 1.92. The normalized spacial score (nSPS) is 15.8. The average Bonchev–Trinajstić information content (AvgIpc) is 3.01. The largest absolute Gasteiger partial charge is 0.345 e. The molecule has 1 aromatic carbocycles. The number of aromatic amines is 1. The zero-order chi connectivity index (χ0) is 10.4. The molecule has 1 heterocycles. The molecule has 1 saturated carbocycles. The number of rotatable bonds is 1. The van der Waals surface area contributed by atoms with Gasteiger partial charge in [0.1, 0.15) is 0 Å². The van der Waals surface area contributed by atoms with Crippen molar-refractivity contribution in [3.8, 4) is 0 Å². The van der Waals surface area contributed by atoms with Crippen molar-refractivity contribution in [3.63, 3.8) is 0 Å². The molecule has 3 nitrogen and oxygen atoms in total. The van der Waals surface area contributed by atoms with E-state index >= 15 is 0 Å². The van der Waals surface area contributed by atoms with Crippen LogP contribution in [0.15, 0.2) is 27.5 Å². The highest BCUT2D eigenvalue weighted by atomic mass is 79.9. The third-order valence-electron chi connectivity index (χ3n) is 2.70. The first-order valence-electron chi connectivity index (χ1n) is 4.93. The van der Waals surface area contributed by atoms with Gasteiger partial charge in [0.15, 0.2) is 0 Å². The number of benzene rings is 1. The van der Waals surface area contributed by atoms with E-state index < -0.39 is 0 Å². The Bertz CT molecular complexity index is 587. The summed E-state index contributed by atoms with van der Waals surface area (Å²) in [5.41, 5.74) is 1.59. The van der Waals surface area contributed by atoms with Crippen LogP contribution >= 0.6 is 15.9 Å². The van der Waals surface area contributed by atoms with Gasteiger partial charge < -0.3 is 4.98 Å². The van der Waals surface area contributed by atoms with Gasteiger partial charge in [-0.15, -0.1) is 0 Å². The molecular weight excluding hydrogens is 256 g/mol. The molecule has 0 radical (unpaired) electrons. The summed E-state index contributed by atoms with van der Waals surface area (Å²) >= 11 is 3.43. The van der Waals surface area contributed by atoms with E-state index in [0.29, 0.717) is 5.92 Å². The summed E-state index contributed by atoms with van der Waals surface area (Å²) in [6.07, 6.45) is 2.34. The topological polar surface area (TPSA) is 45.8 Å². The molecule has 2 aromatic rings. The van der Waals surface area contributed by atoms with E-state index in [1.807, 2.05) is 18.2 Å². The van der Waals surface area contributed by atoms with Crippen LogP contribution in [-0.2, 0) is 0 Å². The van der Waals surface area contributed by atoms with E-state index in [0.717, 1.165) is 21.1 Å². The molecule has 1 aromatic heterocycles. The van der Waals surface area contributed by atoms with Gasteiger partial charge in [-0.2, -0.15) is 4.98 Å². The third-order valence-corrected chi connectivity index (χ3v) is 3.19. The Morgan fingerprint density at radius 2 is 2.20 bits per heavy atom.